The Bertz CT molecular complexity index is 1070. The van der Waals surface area contributed by atoms with Gasteiger partial charge in [0.05, 0.1) is 4.90 Å². The molecule has 0 spiro atoms. The molecular formula is C24H31ClN4O3S. The molecule has 9 heteroatoms. The normalized spacial score (nSPS) is 17.8. The molecule has 4 rings (SSSR count). The van der Waals surface area contributed by atoms with Gasteiger partial charge in [-0.25, -0.2) is 13.2 Å². The lowest BCUT2D eigenvalue weighted by molar-refractivity contribution is 0.156. The van der Waals surface area contributed by atoms with Crippen LogP contribution in [-0.4, -0.2) is 55.4 Å². The number of amides is 2. The predicted molar refractivity (Wildman–Crippen MR) is 132 cm³/mol. The Kier molecular flexibility index (Phi) is 7.58. The number of nitrogens with zero attached hydrogens (tertiary/aromatic N) is 2. The summed E-state index contributed by atoms with van der Waals surface area (Å²) < 4.78 is 28.8. The van der Waals surface area contributed by atoms with Gasteiger partial charge in [-0.1, -0.05) is 24.6 Å². The van der Waals surface area contributed by atoms with Crippen LogP contribution in [0.25, 0.3) is 0 Å². The molecule has 7 nitrogen and oxygen atoms in total. The van der Waals surface area contributed by atoms with Crippen molar-refractivity contribution in [3.05, 3.63) is 53.6 Å². The van der Waals surface area contributed by atoms with Crippen LogP contribution in [0.3, 0.4) is 0 Å². The Morgan fingerprint density at radius 2 is 1.64 bits per heavy atom. The summed E-state index contributed by atoms with van der Waals surface area (Å²) in [7, 11) is -3.59. The van der Waals surface area contributed by atoms with Crippen LogP contribution in [0.15, 0.2) is 53.4 Å². The number of anilines is 2. The first-order valence-electron chi connectivity index (χ1n) is 11.6. The van der Waals surface area contributed by atoms with Crippen LogP contribution in [0.4, 0.5) is 16.2 Å². The van der Waals surface area contributed by atoms with Gasteiger partial charge in [0, 0.05) is 28.5 Å². The monoisotopic (exact) mass is 490 g/mol. The van der Waals surface area contributed by atoms with Gasteiger partial charge in [0.25, 0.3) is 0 Å². The number of nitrogens with one attached hydrogen (secondary N) is 2. The molecule has 33 heavy (non-hydrogen) atoms. The Morgan fingerprint density at radius 1 is 1.00 bits per heavy atom. The van der Waals surface area contributed by atoms with Crippen LogP contribution < -0.4 is 10.6 Å². The van der Waals surface area contributed by atoms with Crippen molar-refractivity contribution in [1.82, 2.24) is 9.21 Å². The summed E-state index contributed by atoms with van der Waals surface area (Å²) >= 11 is 5.94. The molecule has 2 aromatic carbocycles. The number of carbonyl (C=O) groups is 1. The molecule has 0 bridgehead atoms. The van der Waals surface area contributed by atoms with Crippen molar-refractivity contribution in [3.63, 3.8) is 0 Å². The summed E-state index contributed by atoms with van der Waals surface area (Å²) in [5.74, 6) is 0. The number of halogens is 1. The average Bonchev–Trinajstić information content (AvgIpc) is 3.60. The summed E-state index contributed by atoms with van der Waals surface area (Å²) in [6.45, 7) is 5.14. The zero-order chi connectivity index (χ0) is 23.4. The zero-order valence-electron chi connectivity index (χ0n) is 18.8. The Hall–Kier alpha value is -2.13. The van der Waals surface area contributed by atoms with Gasteiger partial charge in [-0.3, -0.25) is 0 Å². The van der Waals surface area contributed by atoms with Gasteiger partial charge in [-0.05, 0) is 94.2 Å². The molecule has 2 aliphatic rings. The maximum absolute atomic E-state index is 13.5. The van der Waals surface area contributed by atoms with Gasteiger partial charge < -0.3 is 15.5 Å². The molecule has 2 N–H and O–H groups in total. The fourth-order valence-corrected chi connectivity index (χ4v) is 6.55. The Morgan fingerprint density at radius 3 is 2.24 bits per heavy atom. The summed E-state index contributed by atoms with van der Waals surface area (Å²) in [5, 5.41) is 5.96. The molecular weight excluding hydrogens is 460 g/mol. The number of sulfonamides is 1. The minimum atomic E-state index is -3.59. The first-order valence-corrected chi connectivity index (χ1v) is 13.4. The number of hydrogen-bond donors (Lipinski definition) is 2. The second-order valence-corrected chi connectivity index (χ2v) is 11.0. The summed E-state index contributed by atoms with van der Waals surface area (Å²) in [6.07, 6.45) is 4.72. The summed E-state index contributed by atoms with van der Waals surface area (Å²) in [5.41, 5.74) is 1.09. The molecule has 178 valence electrons. The highest BCUT2D eigenvalue weighted by atomic mass is 35.5. The molecule has 2 aromatic rings. The predicted octanol–water partition coefficient (Wildman–Crippen LogP) is 5.01. The molecule has 1 saturated heterocycles. The maximum atomic E-state index is 13.5. The third kappa shape index (κ3) is 6.06. The third-order valence-corrected chi connectivity index (χ3v) is 8.39. The number of piperidine rings is 1. The van der Waals surface area contributed by atoms with Gasteiger partial charge in [-0.15, -0.1) is 0 Å². The Labute approximate surface area is 201 Å². The largest absolute Gasteiger partial charge is 0.323 e. The average molecular weight is 491 g/mol. The van der Waals surface area contributed by atoms with Crippen LogP contribution in [-0.2, 0) is 10.0 Å². The van der Waals surface area contributed by atoms with Crippen molar-refractivity contribution in [1.29, 1.82) is 0 Å². The molecule has 1 saturated carbocycles. The molecule has 2 amide bonds. The fraction of sp³-hybridized carbons (Fsp3) is 0.458. The highest BCUT2D eigenvalue weighted by molar-refractivity contribution is 7.89. The molecule has 1 aliphatic heterocycles. The second-order valence-electron chi connectivity index (χ2n) is 8.75. The smallest absolute Gasteiger partial charge is 0.308 e. The van der Waals surface area contributed by atoms with Gasteiger partial charge in [0.2, 0.25) is 10.0 Å². The number of likely N-dealkylation sites (tertiary alicyclic amines) is 1. The van der Waals surface area contributed by atoms with E-state index in [0.717, 1.165) is 51.7 Å². The van der Waals surface area contributed by atoms with E-state index in [4.69, 9.17) is 11.6 Å². The number of rotatable bonds is 8. The second kappa shape index (κ2) is 10.4. The SMILES string of the molecule is CCCN1CCC(N(C2CC2)S(=O)(=O)c2ccc(NC(=O)Nc3cccc(Cl)c3)cc2)CC1. The first-order chi connectivity index (χ1) is 15.9. The fourth-order valence-electron chi connectivity index (χ4n) is 4.42. The molecule has 0 radical (unpaired) electrons. The molecule has 1 heterocycles. The van der Waals surface area contributed by atoms with Crippen molar-refractivity contribution in [3.8, 4) is 0 Å². The Balaban J connectivity index is 1.41. The van der Waals surface area contributed by atoms with E-state index in [1.807, 2.05) is 0 Å². The van der Waals surface area contributed by atoms with Crippen molar-refractivity contribution < 1.29 is 13.2 Å². The molecule has 1 aliphatic carbocycles. The topological polar surface area (TPSA) is 81.8 Å². The van der Waals surface area contributed by atoms with Crippen molar-refractivity contribution in [2.45, 2.75) is 56.0 Å². The zero-order valence-corrected chi connectivity index (χ0v) is 20.4. The van der Waals surface area contributed by atoms with E-state index in [1.54, 1.807) is 52.8 Å². The van der Waals surface area contributed by atoms with Gasteiger partial charge in [0.1, 0.15) is 0 Å². The van der Waals surface area contributed by atoms with Crippen LogP contribution in [0.1, 0.15) is 39.0 Å². The van der Waals surface area contributed by atoms with Crippen LogP contribution in [0.2, 0.25) is 5.02 Å². The highest BCUT2D eigenvalue weighted by Gasteiger charge is 2.43. The van der Waals surface area contributed by atoms with Crippen molar-refractivity contribution >= 4 is 39.0 Å². The van der Waals surface area contributed by atoms with E-state index in [0.29, 0.717) is 16.4 Å². The lowest BCUT2D eigenvalue weighted by atomic mass is 10.0. The van der Waals surface area contributed by atoms with Gasteiger partial charge in [0.15, 0.2) is 0 Å². The number of carbonyl (C=O) groups excluding carboxylic acids is 1. The number of urea groups is 1. The van der Waals surface area contributed by atoms with Crippen LogP contribution in [0, 0.1) is 0 Å². The van der Waals surface area contributed by atoms with Crippen LogP contribution in [0.5, 0.6) is 0 Å². The number of hydrogen-bond acceptors (Lipinski definition) is 4. The number of benzene rings is 2. The quantitative estimate of drug-likeness (QED) is 0.544. The standard InChI is InChI=1S/C24H31ClN4O3S/c1-2-14-28-15-12-22(13-16-28)29(21-8-9-21)33(31,32)23-10-6-19(7-11-23)26-24(30)27-20-5-3-4-18(25)17-20/h3-7,10-11,17,21-22H,2,8-9,12-16H2,1H3,(H2,26,27,30). The van der Waals surface area contributed by atoms with E-state index in [9.17, 15) is 13.2 Å². The van der Waals surface area contributed by atoms with E-state index in [-0.39, 0.29) is 17.0 Å². The lowest BCUT2D eigenvalue weighted by Crippen LogP contribution is -2.48. The molecule has 0 atom stereocenters. The lowest BCUT2D eigenvalue weighted by Gasteiger charge is -2.38. The third-order valence-electron chi connectivity index (χ3n) is 6.13. The molecule has 2 fully saturated rings. The van der Waals surface area contributed by atoms with E-state index in [2.05, 4.69) is 22.5 Å². The van der Waals surface area contributed by atoms with Crippen molar-refractivity contribution in [2.75, 3.05) is 30.3 Å². The van der Waals surface area contributed by atoms with E-state index >= 15 is 0 Å². The maximum Gasteiger partial charge on any atom is 0.323 e. The highest BCUT2D eigenvalue weighted by Crippen LogP contribution is 2.37. The summed E-state index contributed by atoms with van der Waals surface area (Å²) in [4.78, 5) is 15.0. The molecule has 0 unspecified atom stereocenters. The van der Waals surface area contributed by atoms with E-state index < -0.39 is 16.1 Å². The van der Waals surface area contributed by atoms with E-state index in [1.165, 1.54) is 0 Å². The first kappa shape index (κ1) is 24.0. The van der Waals surface area contributed by atoms with Crippen molar-refractivity contribution in [2.24, 2.45) is 0 Å². The minimum absolute atomic E-state index is 0.0527. The van der Waals surface area contributed by atoms with Gasteiger partial charge in [-0.2, -0.15) is 4.31 Å². The molecule has 0 aromatic heterocycles. The van der Waals surface area contributed by atoms with Gasteiger partial charge >= 0.3 is 6.03 Å². The summed E-state index contributed by atoms with van der Waals surface area (Å²) in [6, 6.07) is 13.0. The minimum Gasteiger partial charge on any atom is -0.308 e. The van der Waals surface area contributed by atoms with Crippen LogP contribution >= 0.6 is 11.6 Å².